The molecule has 2 N–H and O–H groups in total. The molecule has 0 atom stereocenters. The summed E-state index contributed by atoms with van der Waals surface area (Å²) in [5.74, 6) is 1.04. The number of benzene rings is 2. The molecule has 0 unspecified atom stereocenters. The van der Waals surface area contributed by atoms with Gasteiger partial charge in [-0.15, -0.1) is 0 Å². The Morgan fingerprint density at radius 2 is 1.18 bits per heavy atom. The highest BCUT2D eigenvalue weighted by atomic mass is 16.5. The lowest BCUT2D eigenvalue weighted by molar-refractivity contribution is -0.111. The van der Waals surface area contributed by atoms with Gasteiger partial charge in [0.2, 0.25) is 0 Å². The Balaban J connectivity index is 1.54. The Kier molecular flexibility index (Phi) is 5.17. The van der Waals surface area contributed by atoms with Crippen LogP contribution >= 0.6 is 0 Å². The van der Waals surface area contributed by atoms with Crippen molar-refractivity contribution in [1.82, 2.24) is 4.98 Å². The molecule has 170 valence electrons. The van der Waals surface area contributed by atoms with Crippen molar-refractivity contribution in [3.63, 3.8) is 0 Å². The zero-order chi connectivity index (χ0) is 24.0. The van der Waals surface area contributed by atoms with Gasteiger partial charge in [-0.25, -0.2) is 4.98 Å². The number of hydrogen-bond acceptors (Lipinski definition) is 5. The lowest BCUT2D eigenvalue weighted by atomic mass is 10.0. The molecular weight excluding hydrogens is 430 g/mol. The molecule has 5 rings (SSSR count). The summed E-state index contributed by atoms with van der Waals surface area (Å²) >= 11 is 0. The lowest BCUT2D eigenvalue weighted by Crippen LogP contribution is -2.04. The first kappa shape index (κ1) is 21.5. The molecule has 1 aromatic heterocycles. The standard InChI is InChI=1S/C27H23N3O4/c1-14-8-22-18(12-24(14)33-3)20(26(31)29-22)10-16-6-5-7-17(28-16)11-21-19-13-25(34-4)15(2)9-23(19)30-27(21)32/h5-13H,1-4H3,(H,29,31)(H,30,32)/b20-10+,21-11+. The van der Waals surface area contributed by atoms with Crippen LogP contribution in [0.3, 0.4) is 0 Å². The third-order valence-electron chi connectivity index (χ3n) is 6.01. The predicted octanol–water partition coefficient (Wildman–Crippen LogP) is 4.70. The van der Waals surface area contributed by atoms with Crippen LogP contribution in [0, 0.1) is 13.8 Å². The number of pyridine rings is 1. The third-order valence-corrected chi connectivity index (χ3v) is 6.01. The summed E-state index contributed by atoms with van der Waals surface area (Å²) in [5, 5.41) is 5.80. The van der Waals surface area contributed by atoms with Gasteiger partial charge in [-0.05, 0) is 73.5 Å². The molecule has 2 aliphatic heterocycles. The maximum absolute atomic E-state index is 12.7. The fourth-order valence-corrected chi connectivity index (χ4v) is 4.30. The van der Waals surface area contributed by atoms with E-state index in [4.69, 9.17) is 9.47 Å². The van der Waals surface area contributed by atoms with Crippen LogP contribution in [-0.2, 0) is 9.59 Å². The summed E-state index contributed by atoms with van der Waals surface area (Å²) in [5.41, 5.74) is 7.14. The van der Waals surface area contributed by atoms with Gasteiger partial charge in [0.25, 0.3) is 11.8 Å². The molecule has 2 aromatic carbocycles. The highest BCUT2D eigenvalue weighted by molar-refractivity contribution is 6.35. The molecular formula is C27H23N3O4. The van der Waals surface area contributed by atoms with E-state index in [1.54, 1.807) is 26.4 Å². The van der Waals surface area contributed by atoms with Gasteiger partial charge < -0.3 is 20.1 Å². The number of anilines is 2. The highest BCUT2D eigenvalue weighted by Gasteiger charge is 2.27. The van der Waals surface area contributed by atoms with Gasteiger partial charge >= 0.3 is 0 Å². The highest BCUT2D eigenvalue weighted by Crippen LogP contribution is 2.39. The van der Waals surface area contributed by atoms with Gasteiger partial charge in [0.15, 0.2) is 0 Å². The number of nitrogens with zero attached hydrogens (tertiary/aromatic N) is 1. The number of fused-ring (bicyclic) bond motifs is 2. The summed E-state index contributed by atoms with van der Waals surface area (Å²) in [6, 6.07) is 13.0. The Morgan fingerprint density at radius 1 is 0.735 bits per heavy atom. The Bertz CT molecular complexity index is 1330. The van der Waals surface area contributed by atoms with Gasteiger partial charge in [0.05, 0.1) is 36.8 Å². The van der Waals surface area contributed by atoms with E-state index < -0.39 is 0 Å². The van der Waals surface area contributed by atoms with Crippen molar-refractivity contribution in [3.05, 3.63) is 76.1 Å². The molecule has 3 heterocycles. The maximum Gasteiger partial charge on any atom is 0.256 e. The van der Waals surface area contributed by atoms with Crippen LogP contribution in [0.1, 0.15) is 33.6 Å². The van der Waals surface area contributed by atoms with Crippen LogP contribution in [0.15, 0.2) is 42.5 Å². The van der Waals surface area contributed by atoms with Crippen molar-refractivity contribution in [2.75, 3.05) is 24.9 Å². The monoisotopic (exact) mass is 453 g/mol. The minimum absolute atomic E-state index is 0.195. The molecule has 0 aliphatic carbocycles. The van der Waals surface area contributed by atoms with E-state index >= 15 is 0 Å². The van der Waals surface area contributed by atoms with Crippen LogP contribution in [0.2, 0.25) is 0 Å². The van der Waals surface area contributed by atoms with Crippen LogP contribution in [0.5, 0.6) is 11.5 Å². The van der Waals surface area contributed by atoms with Crippen LogP contribution in [0.4, 0.5) is 11.4 Å². The fraction of sp³-hybridized carbons (Fsp3) is 0.148. The van der Waals surface area contributed by atoms with Crippen molar-refractivity contribution in [1.29, 1.82) is 0 Å². The van der Waals surface area contributed by atoms with Gasteiger partial charge in [-0.3, -0.25) is 9.59 Å². The number of hydrogen-bond donors (Lipinski definition) is 2. The van der Waals surface area contributed by atoms with Crippen molar-refractivity contribution in [3.8, 4) is 11.5 Å². The number of nitrogens with one attached hydrogen (secondary N) is 2. The molecule has 0 saturated heterocycles. The van der Waals surface area contributed by atoms with E-state index in [0.717, 1.165) is 33.6 Å². The SMILES string of the molecule is COc1cc2c(cc1C)NC(=O)/C2=C/c1cccc(/C=C2/C(=O)Nc3cc(C)c(OC)cc32)n1. The fourth-order valence-electron chi connectivity index (χ4n) is 4.30. The molecule has 7 nitrogen and oxygen atoms in total. The van der Waals surface area contributed by atoms with Crippen molar-refractivity contribution in [2.24, 2.45) is 0 Å². The van der Waals surface area contributed by atoms with Crippen LogP contribution in [0.25, 0.3) is 23.3 Å². The van der Waals surface area contributed by atoms with E-state index in [9.17, 15) is 9.59 Å². The zero-order valence-electron chi connectivity index (χ0n) is 19.3. The molecule has 0 radical (unpaired) electrons. The number of carbonyl (C=O) groups excluding carboxylic acids is 2. The molecule has 0 bridgehead atoms. The van der Waals surface area contributed by atoms with Crippen LogP contribution < -0.4 is 20.1 Å². The summed E-state index contributed by atoms with van der Waals surface area (Å²) in [6.45, 7) is 3.86. The Morgan fingerprint density at radius 3 is 1.59 bits per heavy atom. The number of carbonyl (C=O) groups is 2. The average Bonchev–Trinajstić information content (AvgIpc) is 3.27. The third kappa shape index (κ3) is 3.61. The van der Waals surface area contributed by atoms with E-state index in [-0.39, 0.29) is 11.8 Å². The zero-order valence-corrected chi connectivity index (χ0v) is 19.3. The summed E-state index contributed by atoms with van der Waals surface area (Å²) in [4.78, 5) is 30.0. The second-order valence-corrected chi connectivity index (χ2v) is 8.25. The number of methoxy groups -OCH3 is 2. The number of ether oxygens (including phenoxy) is 2. The predicted molar refractivity (Wildman–Crippen MR) is 133 cm³/mol. The number of rotatable bonds is 4. The van der Waals surface area contributed by atoms with E-state index in [1.165, 1.54) is 0 Å². The maximum atomic E-state index is 12.7. The molecule has 0 fully saturated rings. The van der Waals surface area contributed by atoms with Gasteiger partial charge in [-0.2, -0.15) is 0 Å². The lowest BCUT2D eigenvalue weighted by Gasteiger charge is -2.07. The normalized spacial score (nSPS) is 16.4. The van der Waals surface area contributed by atoms with Gasteiger partial charge in [-0.1, -0.05) is 6.07 Å². The smallest absolute Gasteiger partial charge is 0.256 e. The first-order chi connectivity index (χ1) is 16.4. The van der Waals surface area contributed by atoms with Gasteiger partial charge in [0, 0.05) is 22.5 Å². The van der Waals surface area contributed by atoms with Crippen molar-refractivity contribution in [2.45, 2.75) is 13.8 Å². The minimum atomic E-state index is -0.195. The first-order valence-electron chi connectivity index (χ1n) is 10.8. The molecule has 0 spiro atoms. The average molecular weight is 453 g/mol. The molecule has 0 saturated carbocycles. The summed E-state index contributed by atoms with van der Waals surface area (Å²) in [7, 11) is 3.21. The molecule has 3 aromatic rings. The molecule has 2 amide bonds. The van der Waals surface area contributed by atoms with E-state index in [1.807, 2.05) is 56.3 Å². The van der Waals surface area contributed by atoms with Crippen molar-refractivity contribution >= 4 is 46.5 Å². The molecule has 7 heteroatoms. The quantitative estimate of drug-likeness (QED) is 0.559. The topological polar surface area (TPSA) is 89.5 Å². The second-order valence-electron chi connectivity index (χ2n) is 8.25. The number of aromatic nitrogens is 1. The summed E-state index contributed by atoms with van der Waals surface area (Å²) in [6.07, 6.45) is 3.49. The van der Waals surface area contributed by atoms with Gasteiger partial charge in [0.1, 0.15) is 11.5 Å². The summed E-state index contributed by atoms with van der Waals surface area (Å²) < 4.78 is 10.8. The van der Waals surface area contributed by atoms with Crippen LogP contribution in [-0.4, -0.2) is 31.0 Å². The Labute approximate surface area is 197 Å². The van der Waals surface area contributed by atoms with Crippen molar-refractivity contribution < 1.29 is 19.1 Å². The first-order valence-corrected chi connectivity index (χ1v) is 10.8. The minimum Gasteiger partial charge on any atom is -0.496 e. The largest absolute Gasteiger partial charge is 0.496 e. The number of amides is 2. The van der Waals surface area contributed by atoms with E-state index in [2.05, 4.69) is 15.6 Å². The number of aryl methyl sites for hydroxylation is 2. The second kappa shape index (κ2) is 8.19. The van der Waals surface area contributed by atoms with E-state index in [0.29, 0.717) is 34.0 Å². The Hall–Kier alpha value is -4.39. The molecule has 34 heavy (non-hydrogen) atoms. The molecule has 2 aliphatic rings.